The second-order valence-electron chi connectivity index (χ2n) is 12.2. The molecule has 246 valence electrons. The molecular weight excluding hydrogens is 574 g/mol. The summed E-state index contributed by atoms with van der Waals surface area (Å²) >= 11 is 0. The Kier molecular flexibility index (Phi) is 14.9. The fraction of sp³-hybridized carbons (Fsp3) is 0.450. The van der Waals surface area contributed by atoms with Gasteiger partial charge in [-0.15, -0.1) is 0 Å². The Hall–Kier alpha value is -3.90. The van der Waals surface area contributed by atoms with Crippen LogP contribution in [0.25, 0.3) is 11.1 Å². The van der Waals surface area contributed by atoms with Crippen LogP contribution in [0.1, 0.15) is 111 Å². The lowest BCUT2D eigenvalue weighted by Crippen LogP contribution is -2.47. The molecular formula is C40H51NO5. The molecule has 3 aromatic rings. The Morgan fingerprint density at radius 3 is 1.89 bits per heavy atom. The Labute approximate surface area is 275 Å². The van der Waals surface area contributed by atoms with E-state index in [0.29, 0.717) is 5.56 Å². The van der Waals surface area contributed by atoms with Gasteiger partial charge >= 0.3 is 12.1 Å². The van der Waals surface area contributed by atoms with Crippen molar-refractivity contribution >= 4 is 12.1 Å². The van der Waals surface area contributed by atoms with Gasteiger partial charge in [0.05, 0.1) is 18.2 Å². The largest absolute Gasteiger partial charge is 0.452 e. The third-order valence-corrected chi connectivity index (χ3v) is 8.79. The lowest BCUT2D eigenvalue weighted by atomic mass is 9.98. The van der Waals surface area contributed by atoms with Crippen molar-refractivity contribution < 1.29 is 24.2 Å². The molecule has 6 nitrogen and oxygen atoms in total. The van der Waals surface area contributed by atoms with Gasteiger partial charge in [-0.2, -0.15) is 0 Å². The summed E-state index contributed by atoms with van der Waals surface area (Å²) in [5, 5.41) is 13.0. The molecule has 6 heteroatoms. The predicted octanol–water partition coefficient (Wildman–Crippen LogP) is 9.37. The maximum atomic E-state index is 13.0. The zero-order valence-corrected chi connectivity index (χ0v) is 27.4. The summed E-state index contributed by atoms with van der Waals surface area (Å²) in [6.45, 7) is 1.99. The molecule has 1 aliphatic carbocycles. The fourth-order valence-corrected chi connectivity index (χ4v) is 6.20. The lowest BCUT2D eigenvalue weighted by Gasteiger charge is -2.24. The minimum absolute atomic E-state index is 0.0804. The second-order valence-corrected chi connectivity index (χ2v) is 12.2. The molecule has 0 aromatic heterocycles. The Bertz CT molecular complexity index is 1330. The van der Waals surface area contributed by atoms with Gasteiger partial charge in [0.1, 0.15) is 12.7 Å². The van der Waals surface area contributed by atoms with E-state index >= 15 is 0 Å². The number of aliphatic hydroxyl groups excluding tert-OH is 1. The fourth-order valence-electron chi connectivity index (χ4n) is 6.20. The van der Waals surface area contributed by atoms with Crippen LogP contribution in [0.4, 0.5) is 4.79 Å². The first-order chi connectivity index (χ1) is 22.6. The van der Waals surface area contributed by atoms with E-state index in [1.54, 1.807) is 30.3 Å². The molecule has 2 atom stereocenters. The van der Waals surface area contributed by atoms with Crippen LogP contribution in [0.3, 0.4) is 0 Å². The number of esters is 1. The highest BCUT2D eigenvalue weighted by Crippen LogP contribution is 2.44. The van der Waals surface area contributed by atoms with E-state index in [1.807, 2.05) is 36.4 Å². The zero-order valence-electron chi connectivity index (χ0n) is 27.4. The van der Waals surface area contributed by atoms with Crippen LogP contribution < -0.4 is 5.32 Å². The maximum Gasteiger partial charge on any atom is 0.407 e. The maximum absolute atomic E-state index is 13.0. The van der Waals surface area contributed by atoms with Crippen LogP contribution in [0.15, 0.2) is 91.0 Å². The monoisotopic (exact) mass is 625 g/mol. The zero-order chi connectivity index (χ0) is 32.4. The summed E-state index contributed by atoms with van der Waals surface area (Å²) in [4.78, 5) is 26.0. The molecule has 0 heterocycles. The van der Waals surface area contributed by atoms with Gasteiger partial charge in [0.15, 0.2) is 0 Å². The number of alkyl carbamates (subject to hydrolysis) is 1. The van der Waals surface area contributed by atoms with E-state index in [1.165, 1.54) is 57.8 Å². The van der Waals surface area contributed by atoms with Gasteiger partial charge in [-0.3, -0.25) is 0 Å². The number of carbonyl (C=O) groups is 2. The summed E-state index contributed by atoms with van der Waals surface area (Å²) in [5.74, 6) is -0.596. The highest BCUT2D eigenvalue weighted by atomic mass is 16.6. The molecule has 0 bridgehead atoms. The van der Waals surface area contributed by atoms with Crippen LogP contribution in [0, 0.1) is 0 Å². The van der Waals surface area contributed by atoms with E-state index in [0.717, 1.165) is 41.5 Å². The molecule has 0 saturated carbocycles. The van der Waals surface area contributed by atoms with E-state index < -0.39 is 30.8 Å². The first-order valence-corrected chi connectivity index (χ1v) is 17.3. The summed E-state index contributed by atoms with van der Waals surface area (Å²) in [6, 6.07) is 24.2. The number of rotatable bonds is 20. The molecule has 1 unspecified atom stereocenters. The Balaban J connectivity index is 1.28. The van der Waals surface area contributed by atoms with Gasteiger partial charge in [-0.05, 0) is 53.3 Å². The topological polar surface area (TPSA) is 84.9 Å². The van der Waals surface area contributed by atoms with Crippen molar-refractivity contribution in [1.29, 1.82) is 0 Å². The highest BCUT2D eigenvalue weighted by Gasteiger charge is 2.30. The highest BCUT2D eigenvalue weighted by molar-refractivity contribution is 5.89. The second kappa shape index (κ2) is 19.6. The number of aliphatic hydroxyl groups is 1. The lowest BCUT2D eigenvalue weighted by molar-refractivity contribution is 0.0253. The van der Waals surface area contributed by atoms with Crippen LogP contribution in [0.2, 0.25) is 0 Å². The number of carbonyl (C=O) groups excluding carboxylic acids is 2. The van der Waals surface area contributed by atoms with Gasteiger partial charge in [0, 0.05) is 5.92 Å². The van der Waals surface area contributed by atoms with Gasteiger partial charge in [-0.1, -0.05) is 144 Å². The third-order valence-electron chi connectivity index (χ3n) is 8.79. The molecule has 1 amide bonds. The smallest absolute Gasteiger partial charge is 0.407 e. The van der Waals surface area contributed by atoms with E-state index in [4.69, 9.17) is 9.47 Å². The van der Waals surface area contributed by atoms with Crippen molar-refractivity contribution in [2.75, 3.05) is 13.2 Å². The number of amides is 1. The predicted molar refractivity (Wildman–Crippen MR) is 185 cm³/mol. The minimum Gasteiger partial charge on any atom is -0.452 e. The quantitative estimate of drug-likeness (QED) is 0.0742. The average Bonchev–Trinajstić information content (AvgIpc) is 3.41. The molecule has 0 saturated heterocycles. The van der Waals surface area contributed by atoms with E-state index in [2.05, 4.69) is 36.5 Å². The Morgan fingerprint density at radius 2 is 1.30 bits per heavy atom. The molecule has 46 heavy (non-hydrogen) atoms. The van der Waals surface area contributed by atoms with Gasteiger partial charge in [-0.25, -0.2) is 9.59 Å². The number of ether oxygens (including phenoxy) is 2. The van der Waals surface area contributed by atoms with Gasteiger partial charge in [0.2, 0.25) is 0 Å². The third kappa shape index (κ3) is 10.6. The van der Waals surface area contributed by atoms with E-state index in [9.17, 15) is 14.7 Å². The standard InChI is InChI=1S/C40H51NO5/c1-2-3-4-5-6-7-8-9-10-11-12-13-17-28-38(46-39(43)31-22-15-14-16-23-31)37(29-42)41-40(44)45-30-36-34-26-20-18-24-32(34)33-25-19-21-27-35(33)36/h14-28,36-38,42H,2-13,29-30H2,1H3,(H,41,44)/b28-17+/t37-,38?/m1/s1. The molecule has 3 aromatic carbocycles. The first kappa shape index (κ1) is 35.0. The number of allylic oxidation sites excluding steroid dienone is 1. The number of hydrogen-bond donors (Lipinski definition) is 2. The molecule has 2 N–H and O–H groups in total. The molecule has 0 aliphatic heterocycles. The van der Waals surface area contributed by atoms with Crippen molar-refractivity contribution in [1.82, 2.24) is 5.32 Å². The Morgan fingerprint density at radius 1 is 0.761 bits per heavy atom. The molecule has 0 fully saturated rings. The number of hydrogen-bond acceptors (Lipinski definition) is 5. The van der Waals surface area contributed by atoms with Crippen LogP contribution in [0.5, 0.6) is 0 Å². The van der Waals surface area contributed by atoms with Crippen LogP contribution in [-0.4, -0.2) is 42.5 Å². The SMILES string of the molecule is CCCCCCCCCCCCC/C=C/C(OC(=O)c1ccccc1)[C@@H](CO)NC(=O)OCC1c2ccccc2-c2ccccc21. The first-order valence-electron chi connectivity index (χ1n) is 17.3. The van der Waals surface area contributed by atoms with Crippen LogP contribution in [-0.2, 0) is 9.47 Å². The molecule has 0 spiro atoms. The molecule has 0 radical (unpaired) electrons. The van der Waals surface area contributed by atoms with Crippen molar-refractivity contribution in [3.05, 3.63) is 108 Å². The van der Waals surface area contributed by atoms with E-state index in [-0.39, 0.29) is 12.5 Å². The number of nitrogens with one attached hydrogen (secondary N) is 1. The van der Waals surface area contributed by atoms with Crippen molar-refractivity contribution in [3.63, 3.8) is 0 Å². The number of fused-ring (bicyclic) bond motifs is 3. The normalized spacial score (nSPS) is 13.6. The average molecular weight is 626 g/mol. The van der Waals surface area contributed by atoms with Crippen molar-refractivity contribution in [2.45, 2.75) is 102 Å². The summed E-state index contributed by atoms with van der Waals surface area (Å²) < 4.78 is 11.5. The van der Waals surface area contributed by atoms with Gasteiger partial charge in [0.25, 0.3) is 0 Å². The van der Waals surface area contributed by atoms with Crippen molar-refractivity contribution in [3.8, 4) is 11.1 Å². The molecule has 4 rings (SSSR count). The summed E-state index contributed by atoms with van der Waals surface area (Å²) in [7, 11) is 0. The summed E-state index contributed by atoms with van der Waals surface area (Å²) in [5.41, 5.74) is 4.95. The van der Waals surface area contributed by atoms with Crippen molar-refractivity contribution in [2.24, 2.45) is 0 Å². The number of benzene rings is 3. The van der Waals surface area contributed by atoms with Gasteiger partial charge < -0.3 is 19.9 Å². The summed E-state index contributed by atoms with van der Waals surface area (Å²) in [6.07, 6.45) is 17.1. The minimum atomic E-state index is -0.864. The molecule has 1 aliphatic rings. The van der Waals surface area contributed by atoms with Crippen LogP contribution >= 0.6 is 0 Å². The number of unbranched alkanes of at least 4 members (excludes halogenated alkanes) is 11.